The number of anilines is 1. The van der Waals surface area contributed by atoms with E-state index in [-0.39, 0.29) is 5.54 Å². The van der Waals surface area contributed by atoms with Crippen LogP contribution in [0.4, 0.5) is 5.95 Å². The van der Waals surface area contributed by atoms with Gasteiger partial charge in [0.2, 0.25) is 5.95 Å². The molecular formula is C16H28N4. The summed E-state index contributed by atoms with van der Waals surface area (Å²) in [5, 5.41) is 3.46. The second-order valence-corrected chi connectivity index (χ2v) is 6.90. The maximum absolute atomic E-state index is 4.53. The van der Waals surface area contributed by atoms with Crippen LogP contribution in [0.2, 0.25) is 0 Å². The molecule has 0 saturated heterocycles. The quantitative estimate of drug-likeness (QED) is 0.917. The Hall–Kier alpha value is -1.16. The van der Waals surface area contributed by atoms with Crippen molar-refractivity contribution in [2.75, 3.05) is 11.9 Å². The van der Waals surface area contributed by atoms with Gasteiger partial charge in [-0.2, -0.15) is 0 Å². The molecule has 4 heteroatoms. The fourth-order valence-electron chi connectivity index (χ4n) is 2.62. The van der Waals surface area contributed by atoms with E-state index >= 15 is 0 Å². The zero-order valence-corrected chi connectivity index (χ0v) is 13.3. The van der Waals surface area contributed by atoms with Crippen LogP contribution in [0.1, 0.15) is 58.4 Å². The van der Waals surface area contributed by atoms with Crippen LogP contribution in [0, 0.1) is 0 Å². The minimum Gasteiger partial charge on any atom is -0.341 e. The number of nitrogens with one attached hydrogen (secondary N) is 1. The Morgan fingerprint density at radius 1 is 1.15 bits per heavy atom. The first-order valence-corrected chi connectivity index (χ1v) is 7.74. The van der Waals surface area contributed by atoms with Crippen molar-refractivity contribution < 1.29 is 0 Å². The van der Waals surface area contributed by atoms with Crippen molar-refractivity contribution in [3.05, 3.63) is 18.0 Å². The van der Waals surface area contributed by atoms with Crippen molar-refractivity contribution in [1.29, 1.82) is 0 Å². The van der Waals surface area contributed by atoms with Gasteiger partial charge in [-0.25, -0.2) is 9.97 Å². The molecule has 0 radical (unpaired) electrons. The summed E-state index contributed by atoms with van der Waals surface area (Å²) in [6.45, 7) is 7.31. The summed E-state index contributed by atoms with van der Waals surface area (Å²) in [4.78, 5) is 11.3. The predicted molar refractivity (Wildman–Crippen MR) is 83.9 cm³/mol. The Morgan fingerprint density at radius 2 is 1.75 bits per heavy atom. The van der Waals surface area contributed by atoms with Crippen LogP contribution < -0.4 is 10.2 Å². The third-order valence-corrected chi connectivity index (χ3v) is 3.95. The first-order chi connectivity index (χ1) is 9.46. The summed E-state index contributed by atoms with van der Waals surface area (Å²) in [7, 11) is 2.12. The lowest BCUT2D eigenvalue weighted by molar-refractivity contribution is 0.421. The molecule has 1 N–H and O–H groups in total. The number of aromatic nitrogens is 2. The summed E-state index contributed by atoms with van der Waals surface area (Å²) < 4.78 is 0. The fourth-order valence-corrected chi connectivity index (χ4v) is 2.62. The van der Waals surface area contributed by atoms with Gasteiger partial charge in [-0.05, 0) is 33.6 Å². The van der Waals surface area contributed by atoms with Crippen LogP contribution >= 0.6 is 0 Å². The van der Waals surface area contributed by atoms with E-state index in [4.69, 9.17) is 0 Å². The topological polar surface area (TPSA) is 41.1 Å². The maximum atomic E-state index is 4.53. The van der Waals surface area contributed by atoms with Gasteiger partial charge in [-0.3, -0.25) is 0 Å². The highest BCUT2D eigenvalue weighted by Crippen LogP contribution is 2.23. The minimum absolute atomic E-state index is 0.123. The third-order valence-electron chi connectivity index (χ3n) is 3.95. The number of nitrogens with zero attached hydrogens (tertiary/aromatic N) is 3. The third kappa shape index (κ3) is 4.44. The summed E-state index contributed by atoms with van der Waals surface area (Å²) in [5.41, 5.74) is 1.26. The number of rotatable bonds is 4. The van der Waals surface area contributed by atoms with Crippen LogP contribution in [-0.4, -0.2) is 28.6 Å². The molecule has 112 valence electrons. The van der Waals surface area contributed by atoms with Crippen molar-refractivity contribution in [3.8, 4) is 0 Å². The molecule has 0 bridgehead atoms. The van der Waals surface area contributed by atoms with E-state index < -0.39 is 0 Å². The average molecular weight is 276 g/mol. The van der Waals surface area contributed by atoms with Gasteiger partial charge in [0, 0.05) is 43.1 Å². The van der Waals surface area contributed by atoms with Gasteiger partial charge < -0.3 is 10.2 Å². The van der Waals surface area contributed by atoms with E-state index in [2.05, 4.69) is 48.0 Å². The molecule has 1 aliphatic rings. The average Bonchev–Trinajstić information content (AvgIpc) is 2.45. The van der Waals surface area contributed by atoms with Crippen molar-refractivity contribution in [1.82, 2.24) is 15.3 Å². The maximum Gasteiger partial charge on any atom is 0.225 e. The zero-order valence-electron chi connectivity index (χ0n) is 13.3. The van der Waals surface area contributed by atoms with Gasteiger partial charge in [0.15, 0.2) is 0 Å². The molecule has 1 heterocycles. The van der Waals surface area contributed by atoms with E-state index in [0.29, 0.717) is 6.04 Å². The Balaban J connectivity index is 1.93. The summed E-state index contributed by atoms with van der Waals surface area (Å²) in [5.74, 6) is 0.858. The molecule has 1 fully saturated rings. The minimum atomic E-state index is 0.123. The molecule has 0 atom stereocenters. The molecule has 1 saturated carbocycles. The molecule has 0 aliphatic heterocycles. The fraction of sp³-hybridized carbons (Fsp3) is 0.750. The van der Waals surface area contributed by atoms with Crippen LogP contribution in [0.5, 0.6) is 0 Å². The SMILES string of the molecule is CN(c1ncc(CNC(C)(C)C)cn1)C1CCCCC1. The highest BCUT2D eigenvalue weighted by Gasteiger charge is 2.19. The Bertz CT molecular complexity index is 401. The molecule has 4 nitrogen and oxygen atoms in total. The van der Waals surface area contributed by atoms with E-state index in [9.17, 15) is 0 Å². The van der Waals surface area contributed by atoms with Gasteiger partial charge >= 0.3 is 0 Å². The Kier molecular flexibility index (Phi) is 4.97. The van der Waals surface area contributed by atoms with Gasteiger partial charge in [0.05, 0.1) is 0 Å². The molecule has 20 heavy (non-hydrogen) atoms. The van der Waals surface area contributed by atoms with E-state index in [0.717, 1.165) is 18.1 Å². The normalized spacial score (nSPS) is 17.2. The molecule has 1 aromatic heterocycles. The molecule has 0 unspecified atom stereocenters. The largest absolute Gasteiger partial charge is 0.341 e. The lowest BCUT2D eigenvalue weighted by atomic mass is 9.95. The standard InChI is InChI=1S/C16H28N4/c1-16(2,3)19-12-13-10-17-15(18-11-13)20(4)14-8-6-5-7-9-14/h10-11,14,19H,5-9,12H2,1-4H3. The van der Waals surface area contributed by atoms with Crippen molar-refractivity contribution in [2.24, 2.45) is 0 Å². The Labute approximate surface area is 123 Å². The molecule has 2 rings (SSSR count). The van der Waals surface area contributed by atoms with E-state index in [1.807, 2.05) is 12.4 Å². The van der Waals surface area contributed by atoms with Crippen molar-refractivity contribution in [3.63, 3.8) is 0 Å². The monoisotopic (exact) mass is 276 g/mol. The summed E-state index contributed by atoms with van der Waals surface area (Å²) >= 11 is 0. The highest BCUT2D eigenvalue weighted by molar-refractivity contribution is 5.30. The number of hydrogen-bond donors (Lipinski definition) is 1. The summed E-state index contributed by atoms with van der Waals surface area (Å²) in [6.07, 6.45) is 10.5. The lowest BCUT2D eigenvalue weighted by Crippen LogP contribution is -2.35. The second kappa shape index (κ2) is 6.53. The second-order valence-electron chi connectivity index (χ2n) is 6.90. The highest BCUT2D eigenvalue weighted by atomic mass is 15.2. The van der Waals surface area contributed by atoms with Crippen molar-refractivity contribution in [2.45, 2.75) is 71.0 Å². The van der Waals surface area contributed by atoms with Gasteiger partial charge in [-0.1, -0.05) is 19.3 Å². The summed E-state index contributed by atoms with van der Waals surface area (Å²) in [6, 6.07) is 0.613. The lowest BCUT2D eigenvalue weighted by Gasteiger charge is -2.31. The molecular weight excluding hydrogens is 248 g/mol. The molecule has 0 aromatic carbocycles. The van der Waals surface area contributed by atoms with Crippen molar-refractivity contribution >= 4 is 5.95 Å². The first kappa shape index (κ1) is 15.2. The Morgan fingerprint density at radius 3 is 2.30 bits per heavy atom. The van der Waals surface area contributed by atoms with Gasteiger partial charge in [0.1, 0.15) is 0 Å². The first-order valence-electron chi connectivity index (χ1n) is 7.74. The zero-order chi connectivity index (χ0) is 14.6. The smallest absolute Gasteiger partial charge is 0.225 e. The number of hydrogen-bond acceptors (Lipinski definition) is 4. The predicted octanol–water partition coefficient (Wildman–Crippen LogP) is 3.13. The van der Waals surface area contributed by atoms with Crippen LogP contribution in [0.3, 0.4) is 0 Å². The van der Waals surface area contributed by atoms with Crippen LogP contribution in [0.25, 0.3) is 0 Å². The van der Waals surface area contributed by atoms with Gasteiger partial charge in [-0.15, -0.1) is 0 Å². The molecule has 1 aromatic rings. The molecule has 1 aliphatic carbocycles. The van der Waals surface area contributed by atoms with E-state index in [1.165, 1.54) is 32.1 Å². The van der Waals surface area contributed by atoms with Crippen LogP contribution in [0.15, 0.2) is 12.4 Å². The van der Waals surface area contributed by atoms with Gasteiger partial charge in [0.25, 0.3) is 0 Å². The molecule has 0 spiro atoms. The van der Waals surface area contributed by atoms with Crippen LogP contribution in [-0.2, 0) is 6.54 Å². The molecule has 0 amide bonds. The van der Waals surface area contributed by atoms with E-state index in [1.54, 1.807) is 0 Å².